The van der Waals surface area contributed by atoms with Gasteiger partial charge in [-0.15, -0.1) is 0 Å². The Bertz CT molecular complexity index is 672. The molecule has 0 fully saturated rings. The van der Waals surface area contributed by atoms with Gasteiger partial charge in [0.2, 0.25) is 0 Å². The molecule has 21 heavy (non-hydrogen) atoms. The first-order valence-electron chi connectivity index (χ1n) is 6.79. The van der Waals surface area contributed by atoms with E-state index >= 15 is 0 Å². The summed E-state index contributed by atoms with van der Waals surface area (Å²) in [6.45, 7) is 4.51. The van der Waals surface area contributed by atoms with Crippen LogP contribution in [0.2, 0.25) is 5.02 Å². The first kappa shape index (κ1) is 15.3. The molecule has 0 saturated heterocycles. The van der Waals surface area contributed by atoms with Crippen LogP contribution in [-0.2, 0) is 17.8 Å². The molecule has 0 spiro atoms. The van der Waals surface area contributed by atoms with E-state index in [0.717, 1.165) is 17.0 Å². The number of carbonyl (C=O) groups excluding carboxylic acids is 1. The lowest BCUT2D eigenvalue weighted by Crippen LogP contribution is -2.07. The highest BCUT2D eigenvalue weighted by Crippen LogP contribution is 2.21. The molecule has 5 heteroatoms. The third-order valence-corrected chi connectivity index (χ3v) is 3.68. The number of carbonyl (C=O) groups is 1. The number of nitrogens with zero attached hydrogens (tertiary/aromatic N) is 2. The number of ketones is 1. The van der Waals surface area contributed by atoms with Gasteiger partial charge in [-0.25, -0.2) is 0 Å². The topological polar surface area (TPSA) is 60.9 Å². The quantitative estimate of drug-likeness (QED) is 0.681. The van der Waals surface area contributed by atoms with Gasteiger partial charge in [-0.1, -0.05) is 29.8 Å². The highest BCUT2D eigenvalue weighted by molar-refractivity contribution is 6.32. The van der Waals surface area contributed by atoms with Crippen LogP contribution in [0.1, 0.15) is 23.9 Å². The van der Waals surface area contributed by atoms with Crippen LogP contribution >= 0.6 is 11.6 Å². The highest BCUT2D eigenvalue weighted by atomic mass is 35.5. The molecule has 0 unspecified atom stereocenters. The molecule has 0 radical (unpaired) electrons. The molecule has 2 aromatic rings. The zero-order valence-electron chi connectivity index (χ0n) is 12.1. The Balaban J connectivity index is 2.10. The summed E-state index contributed by atoms with van der Waals surface area (Å²) in [7, 11) is 0. The first-order valence-corrected chi connectivity index (χ1v) is 7.17. The molecular formula is C16H18ClN3O. The number of nitrogens with two attached hydrogens (primary N) is 1. The standard InChI is InChI=1S/C16H18ClN3O/c1-3-20-15(16(17)11(2)19-20)10-14(21)9-6-12-4-7-13(18)8-5-12/h4-9H,3,10,18H2,1-2H3/b9-6+. The van der Waals surface area contributed by atoms with Crippen LogP contribution in [0.5, 0.6) is 0 Å². The maximum atomic E-state index is 12.1. The molecule has 0 atom stereocenters. The number of anilines is 1. The van der Waals surface area contributed by atoms with Gasteiger partial charge in [0.1, 0.15) is 0 Å². The number of hydrogen-bond acceptors (Lipinski definition) is 3. The molecule has 1 heterocycles. The summed E-state index contributed by atoms with van der Waals surface area (Å²) in [5.74, 6) is -0.0108. The van der Waals surface area contributed by atoms with Gasteiger partial charge in [0.25, 0.3) is 0 Å². The Morgan fingerprint density at radius 1 is 1.38 bits per heavy atom. The predicted molar refractivity (Wildman–Crippen MR) is 86.2 cm³/mol. The van der Waals surface area contributed by atoms with Crippen LogP contribution in [0, 0.1) is 6.92 Å². The minimum atomic E-state index is -0.0108. The Kier molecular flexibility index (Phi) is 4.81. The van der Waals surface area contributed by atoms with Gasteiger partial charge in [-0.3, -0.25) is 9.48 Å². The fourth-order valence-corrected chi connectivity index (χ4v) is 2.26. The molecule has 1 aromatic heterocycles. The lowest BCUT2D eigenvalue weighted by Gasteiger charge is -2.02. The third-order valence-electron chi connectivity index (χ3n) is 3.19. The average molecular weight is 304 g/mol. The minimum Gasteiger partial charge on any atom is -0.399 e. The first-order chi connectivity index (χ1) is 10.0. The Morgan fingerprint density at radius 3 is 2.67 bits per heavy atom. The van der Waals surface area contributed by atoms with E-state index < -0.39 is 0 Å². The van der Waals surface area contributed by atoms with Gasteiger partial charge in [-0.2, -0.15) is 5.10 Å². The Morgan fingerprint density at radius 2 is 2.05 bits per heavy atom. The van der Waals surface area contributed by atoms with Crippen molar-refractivity contribution in [3.63, 3.8) is 0 Å². The lowest BCUT2D eigenvalue weighted by molar-refractivity contribution is -0.114. The molecule has 0 saturated carbocycles. The van der Waals surface area contributed by atoms with Gasteiger partial charge in [0, 0.05) is 12.2 Å². The summed E-state index contributed by atoms with van der Waals surface area (Å²) >= 11 is 6.20. The molecular weight excluding hydrogens is 286 g/mol. The van der Waals surface area contributed by atoms with Crippen LogP contribution in [0.3, 0.4) is 0 Å². The number of hydrogen-bond donors (Lipinski definition) is 1. The summed E-state index contributed by atoms with van der Waals surface area (Å²) in [4.78, 5) is 12.1. The number of aryl methyl sites for hydroxylation is 2. The summed E-state index contributed by atoms with van der Waals surface area (Å²) in [5.41, 5.74) is 8.78. The van der Waals surface area contributed by atoms with Crippen LogP contribution in [0.4, 0.5) is 5.69 Å². The van der Waals surface area contributed by atoms with Crippen molar-refractivity contribution in [2.24, 2.45) is 0 Å². The van der Waals surface area contributed by atoms with Crippen molar-refractivity contribution in [3.05, 3.63) is 52.3 Å². The largest absolute Gasteiger partial charge is 0.399 e. The SMILES string of the molecule is CCn1nc(C)c(Cl)c1CC(=O)/C=C/c1ccc(N)cc1. The molecule has 2 N–H and O–H groups in total. The van der Waals surface area contributed by atoms with Crippen molar-refractivity contribution in [1.29, 1.82) is 0 Å². The van der Waals surface area contributed by atoms with Crippen LogP contribution in [0.15, 0.2) is 30.3 Å². The second-order valence-corrected chi connectivity index (χ2v) is 5.18. The molecule has 0 aliphatic carbocycles. The van der Waals surface area contributed by atoms with E-state index in [-0.39, 0.29) is 12.2 Å². The zero-order valence-corrected chi connectivity index (χ0v) is 12.9. The number of halogens is 1. The number of nitrogen functional groups attached to an aromatic ring is 1. The smallest absolute Gasteiger partial charge is 0.161 e. The van der Waals surface area contributed by atoms with Gasteiger partial charge < -0.3 is 5.73 Å². The van der Waals surface area contributed by atoms with Gasteiger partial charge >= 0.3 is 0 Å². The monoisotopic (exact) mass is 303 g/mol. The predicted octanol–water partition coefficient (Wildman–Crippen LogP) is 3.27. The number of allylic oxidation sites excluding steroid dienone is 1. The normalized spacial score (nSPS) is 11.2. The molecule has 0 bridgehead atoms. The highest BCUT2D eigenvalue weighted by Gasteiger charge is 2.14. The number of benzene rings is 1. The molecule has 110 valence electrons. The second-order valence-electron chi connectivity index (χ2n) is 4.80. The van der Waals surface area contributed by atoms with E-state index in [1.807, 2.05) is 26.0 Å². The summed E-state index contributed by atoms with van der Waals surface area (Å²) in [6.07, 6.45) is 3.58. The van der Waals surface area contributed by atoms with Crippen molar-refractivity contribution in [3.8, 4) is 0 Å². The third kappa shape index (κ3) is 3.73. The lowest BCUT2D eigenvalue weighted by atomic mass is 10.1. The van der Waals surface area contributed by atoms with Crippen LogP contribution in [-0.4, -0.2) is 15.6 Å². The maximum Gasteiger partial charge on any atom is 0.161 e. The van der Waals surface area contributed by atoms with Crippen molar-refractivity contribution in [1.82, 2.24) is 9.78 Å². The van der Waals surface area contributed by atoms with Crippen molar-refractivity contribution in [2.45, 2.75) is 26.8 Å². The van der Waals surface area contributed by atoms with Crippen LogP contribution < -0.4 is 5.73 Å². The molecule has 0 aliphatic heterocycles. The number of rotatable bonds is 5. The van der Waals surface area contributed by atoms with E-state index in [2.05, 4.69) is 5.10 Å². The Hall–Kier alpha value is -2.07. The summed E-state index contributed by atoms with van der Waals surface area (Å²) in [5, 5.41) is 4.88. The average Bonchev–Trinajstić information content (AvgIpc) is 2.74. The van der Waals surface area contributed by atoms with E-state index in [1.54, 1.807) is 29.0 Å². The molecule has 1 aromatic carbocycles. The summed E-state index contributed by atoms with van der Waals surface area (Å²) in [6, 6.07) is 7.34. The van der Waals surface area contributed by atoms with Gasteiger partial charge in [-0.05, 0) is 37.6 Å². The fourth-order valence-electron chi connectivity index (χ4n) is 2.06. The molecule has 2 rings (SSSR count). The van der Waals surface area contributed by atoms with Gasteiger partial charge in [0.05, 0.1) is 22.8 Å². The van der Waals surface area contributed by atoms with E-state index in [1.165, 1.54) is 0 Å². The Labute approximate surface area is 129 Å². The van der Waals surface area contributed by atoms with E-state index in [0.29, 0.717) is 17.3 Å². The van der Waals surface area contributed by atoms with Crippen molar-refractivity contribution < 1.29 is 4.79 Å². The molecule has 0 amide bonds. The zero-order chi connectivity index (χ0) is 15.4. The minimum absolute atomic E-state index is 0.0108. The molecule has 0 aliphatic rings. The van der Waals surface area contributed by atoms with E-state index in [9.17, 15) is 4.79 Å². The molecule has 4 nitrogen and oxygen atoms in total. The van der Waals surface area contributed by atoms with Gasteiger partial charge in [0.15, 0.2) is 5.78 Å². The maximum absolute atomic E-state index is 12.1. The van der Waals surface area contributed by atoms with Crippen molar-refractivity contribution in [2.75, 3.05) is 5.73 Å². The fraction of sp³-hybridized carbons (Fsp3) is 0.250. The van der Waals surface area contributed by atoms with Crippen molar-refractivity contribution >= 4 is 29.1 Å². The summed E-state index contributed by atoms with van der Waals surface area (Å²) < 4.78 is 1.77. The number of aromatic nitrogens is 2. The van der Waals surface area contributed by atoms with E-state index in [4.69, 9.17) is 17.3 Å². The van der Waals surface area contributed by atoms with Crippen LogP contribution in [0.25, 0.3) is 6.08 Å². The second kappa shape index (κ2) is 6.59.